The van der Waals surface area contributed by atoms with Crippen LogP contribution in [0.3, 0.4) is 0 Å². The number of ether oxygens (including phenoxy) is 1. The zero-order valence-corrected chi connectivity index (χ0v) is 13.4. The van der Waals surface area contributed by atoms with Gasteiger partial charge in [0.15, 0.2) is 0 Å². The zero-order chi connectivity index (χ0) is 14.5. The van der Waals surface area contributed by atoms with E-state index >= 15 is 0 Å². The second-order valence-electron chi connectivity index (χ2n) is 3.87. The summed E-state index contributed by atoms with van der Waals surface area (Å²) in [7, 11) is 0. The van der Waals surface area contributed by atoms with Crippen molar-refractivity contribution in [2.75, 3.05) is 0 Å². The van der Waals surface area contributed by atoms with Crippen molar-refractivity contribution in [2.45, 2.75) is 0 Å². The second-order valence-corrected chi connectivity index (χ2v) is 5.52. The molecule has 2 rings (SSSR count). The smallest absolute Gasteiger partial charge is 0.339 e. The minimum absolute atomic E-state index is 0.0949. The highest BCUT2D eigenvalue weighted by Gasteiger charge is 2.11. The van der Waals surface area contributed by atoms with Gasteiger partial charge in [-0.05, 0) is 49.6 Å². The number of hydrogen-bond donors (Lipinski definition) is 1. The molecular formula is C15H10Br2O3. The van der Waals surface area contributed by atoms with Crippen molar-refractivity contribution < 1.29 is 14.6 Å². The van der Waals surface area contributed by atoms with Crippen molar-refractivity contribution in [3.05, 3.63) is 69.3 Å². The standard InChI is InChI=1S/C15H10Br2O3/c16-12-7-4-8-13(14(12)17)20-9-11(15(18)19)10-5-2-1-3-6-10/h1-9H,(H,18,19). The molecule has 0 fully saturated rings. The van der Waals surface area contributed by atoms with Gasteiger partial charge in [0.2, 0.25) is 0 Å². The van der Waals surface area contributed by atoms with E-state index in [2.05, 4.69) is 31.9 Å². The minimum Gasteiger partial charge on any atom is -0.478 e. The lowest BCUT2D eigenvalue weighted by atomic mass is 10.1. The SMILES string of the molecule is O=C(O)C(=COc1cccc(Br)c1Br)c1ccccc1. The molecule has 0 bridgehead atoms. The fourth-order valence-electron chi connectivity index (χ4n) is 1.56. The topological polar surface area (TPSA) is 46.5 Å². The molecule has 5 heteroatoms. The lowest BCUT2D eigenvalue weighted by Crippen LogP contribution is -2.01. The van der Waals surface area contributed by atoms with Crippen molar-refractivity contribution in [3.8, 4) is 5.75 Å². The van der Waals surface area contributed by atoms with Crippen LogP contribution in [-0.2, 0) is 4.79 Å². The van der Waals surface area contributed by atoms with E-state index in [9.17, 15) is 9.90 Å². The first-order valence-electron chi connectivity index (χ1n) is 5.69. The summed E-state index contributed by atoms with van der Waals surface area (Å²) in [5.41, 5.74) is 0.684. The summed E-state index contributed by atoms with van der Waals surface area (Å²) in [4.78, 5) is 11.3. The number of carboxylic acid groups (broad SMARTS) is 1. The van der Waals surface area contributed by atoms with Crippen LogP contribution in [0.2, 0.25) is 0 Å². The summed E-state index contributed by atoms with van der Waals surface area (Å²) in [6, 6.07) is 14.2. The Balaban J connectivity index is 2.32. The van der Waals surface area contributed by atoms with Gasteiger partial charge < -0.3 is 9.84 Å². The summed E-state index contributed by atoms with van der Waals surface area (Å²) in [6.45, 7) is 0. The number of carbonyl (C=O) groups is 1. The molecule has 0 spiro atoms. The highest BCUT2D eigenvalue weighted by Crippen LogP contribution is 2.32. The molecular weight excluding hydrogens is 388 g/mol. The van der Waals surface area contributed by atoms with Crippen LogP contribution in [0.4, 0.5) is 0 Å². The number of benzene rings is 2. The first-order valence-corrected chi connectivity index (χ1v) is 7.27. The van der Waals surface area contributed by atoms with Crippen LogP contribution in [0, 0.1) is 0 Å². The maximum Gasteiger partial charge on any atom is 0.339 e. The Morgan fingerprint density at radius 3 is 2.40 bits per heavy atom. The molecule has 0 saturated carbocycles. The molecule has 0 aliphatic heterocycles. The first-order chi connectivity index (χ1) is 9.59. The summed E-state index contributed by atoms with van der Waals surface area (Å²) in [5, 5.41) is 9.26. The molecule has 0 unspecified atom stereocenters. The van der Waals surface area contributed by atoms with Crippen LogP contribution >= 0.6 is 31.9 Å². The minimum atomic E-state index is -1.04. The third-order valence-corrected chi connectivity index (χ3v) is 4.55. The van der Waals surface area contributed by atoms with Crippen LogP contribution in [0.15, 0.2) is 63.7 Å². The van der Waals surface area contributed by atoms with Crippen molar-refractivity contribution >= 4 is 43.4 Å². The molecule has 1 N–H and O–H groups in total. The fraction of sp³-hybridized carbons (Fsp3) is 0. The highest BCUT2D eigenvalue weighted by atomic mass is 79.9. The Hall–Kier alpha value is -1.59. The molecule has 0 amide bonds. The van der Waals surface area contributed by atoms with E-state index in [0.717, 1.165) is 8.95 Å². The summed E-state index contributed by atoms with van der Waals surface area (Å²) < 4.78 is 7.04. The monoisotopic (exact) mass is 396 g/mol. The van der Waals surface area contributed by atoms with Gasteiger partial charge in [-0.15, -0.1) is 0 Å². The molecule has 0 heterocycles. The van der Waals surface area contributed by atoms with Crippen LogP contribution < -0.4 is 4.74 Å². The number of aliphatic carboxylic acids is 1. The van der Waals surface area contributed by atoms with E-state index in [0.29, 0.717) is 11.3 Å². The van der Waals surface area contributed by atoms with Crippen LogP contribution in [0.1, 0.15) is 5.56 Å². The van der Waals surface area contributed by atoms with Gasteiger partial charge in [-0.2, -0.15) is 0 Å². The molecule has 0 atom stereocenters. The molecule has 0 aromatic heterocycles. The van der Waals surface area contributed by atoms with Gasteiger partial charge in [-0.3, -0.25) is 0 Å². The predicted molar refractivity (Wildman–Crippen MR) is 84.5 cm³/mol. The molecule has 0 aliphatic carbocycles. The lowest BCUT2D eigenvalue weighted by molar-refractivity contribution is -0.130. The maximum atomic E-state index is 11.3. The average molecular weight is 398 g/mol. The summed E-state index contributed by atoms with van der Waals surface area (Å²) >= 11 is 6.74. The van der Waals surface area contributed by atoms with Gasteiger partial charge in [0.05, 0.1) is 4.47 Å². The summed E-state index contributed by atoms with van der Waals surface area (Å²) in [5.74, 6) is -0.503. The van der Waals surface area contributed by atoms with Gasteiger partial charge in [-0.1, -0.05) is 36.4 Å². The quantitative estimate of drug-likeness (QED) is 0.599. The largest absolute Gasteiger partial charge is 0.478 e. The molecule has 0 radical (unpaired) electrons. The molecule has 2 aromatic carbocycles. The Kier molecular flexibility index (Phi) is 4.98. The Morgan fingerprint density at radius 1 is 1.05 bits per heavy atom. The van der Waals surface area contributed by atoms with Crippen molar-refractivity contribution in [3.63, 3.8) is 0 Å². The third kappa shape index (κ3) is 3.49. The molecule has 2 aromatic rings. The van der Waals surface area contributed by atoms with Crippen molar-refractivity contribution in [1.29, 1.82) is 0 Å². The molecule has 20 heavy (non-hydrogen) atoms. The van der Waals surface area contributed by atoms with E-state index in [1.807, 2.05) is 12.1 Å². The Bertz CT molecular complexity index is 651. The molecule has 102 valence electrons. The maximum absolute atomic E-state index is 11.3. The number of halogens is 2. The van der Waals surface area contributed by atoms with Crippen LogP contribution in [0.25, 0.3) is 5.57 Å². The van der Waals surface area contributed by atoms with E-state index < -0.39 is 5.97 Å². The summed E-state index contributed by atoms with van der Waals surface area (Å²) in [6.07, 6.45) is 1.24. The van der Waals surface area contributed by atoms with E-state index in [4.69, 9.17) is 4.74 Å². The molecule has 0 saturated heterocycles. The van der Waals surface area contributed by atoms with E-state index in [-0.39, 0.29) is 5.57 Å². The van der Waals surface area contributed by atoms with E-state index in [1.54, 1.807) is 36.4 Å². The van der Waals surface area contributed by atoms with Crippen molar-refractivity contribution in [2.24, 2.45) is 0 Å². The second kappa shape index (κ2) is 6.72. The van der Waals surface area contributed by atoms with E-state index in [1.165, 1.54) is 6.26 Å². The highest BCUT2D eigenvalue weighted by molar-refractivity contribution is 9.13. The van der Waals surface area contributed by atoms with Crippen LogP contribution in [-0.4, -0.2) is 11.1 Å². The van der Waals surface area contributed by atoms with Gasteiger partial charge in [0, 0.05) is 4.47 Å². The Labute approximate surface area is 133 Å². The number of carboxylic acids is 1. The average Bonchev–Trinajstić information content (AvgIpc) is 2.44. The third-order valence-electron chi connectivity index (χ3n) is 2.54. The number of rotatable bonds is 4. The normalized spacial score (nSPS) is 11.2. The van der Waals surface area contributed by atoms with Crippen molar-refractivity contribution in [1.82, 2.24) is 0 Å². The zero-order valence-electron chi connectivity index (χ0n) is 10.2. The first kappa shape index (κ1) is 14.8. The molecule has 3 nitrogen and oxygen atoms in total. The van der Waals surface area contributed by atoms with Gasteiger partial charge in [0.1, 0.15) is 17.6 Å². The Morgan fingerprint density at radius 2 is 1.75 bits per heavy atom. The number of hydrogen-bond acceptors (Lipinski definition) is 2. The lowest BCUT2D eigenvalue weighted by Gasteiger charge is -2.07. The predicted octanol–water partition coefficient (Wildman–Crippen LogP) is 4.72. The van der Waals surface area contributed by atoms with Gasteiger partial charge >= 0.3 is 5.97 Å². The van der Waals surface area contributed by atoms with Crippen LogP contribution in [0.5, 0.6) is 5.75 Å². The van der Waals surface area contributed by atoms with Gasteiger partial charge in [0.25, 0.3) is 0 Å². The fourth-order valence-corrected chi connectivity index (χ4v) is 2.26. The molecule has 0 aliphatic rings. The van der Waals surface area contributed by atoms with Gasteiger partial charge in [-0.25, -0.2) is 4.79 Å².